The van der Waals surface area contributed by atoms with E-state index in [0.717, 1.165) is 6.07 Å². The lowest BCUT2D eigenvalue weighted by molar-refractivity contribution is -0.137. The smallest absolute Gasteiger partial charge is 0.328 e. The molecule has 6 heteroatoms. The van der Waals surface area contributed by atoms with Crippen molar-refractivity contribution in [2.75, 3.05) is 13.7 Å². The van der Waals surface area contributed by atoms with E-state index in [-0.39, 0.29) is 11.3 Å². The van der Waals surface area contributed by atoms with Gasteiger partial charge in [-0.15, -0.1) is 0 Å². The lowest BCUT2D eigenvalue weighted by Crippen LogP contribution is -2.41. The fourth-order valence-electron chi connectivity index (χ4n) is 1.46. The van der Waals surface area contributed by atoms with Crippen molar-refractivity contribution in [3.8, 4) is 5.75 Å². The molecule has 1 unspecified atom stereocenters. The number of nitrogens with one attached hydrogen (secondary N) is 1. The highest BCUT2D eigenvalue weighted by Crippen LogP contribution is 2.19. The van der Waals surface area contributed by atoms with Crippen LogP contribution in [-0.2, 0) is 4.79 Å². The Kier molecular flexibility index (Phi) is 4.79. The van der Waals surface area contributed by atoms with Crippen LogP contribution in [0.4, 0.5) is 4.39 Å². The summed E-state index contributed by atoms with van der Waals surface area (Å²) in [4.78, 5) is 22.6. The Morgan fingerprint density at radius 3 is 2.61 bits per heavy atom. The number of halogens is 1. The minimum absolute atomic E-state index is 0.0160. The summed E-state index contributed by atoms with van der Waals surface area (Å²) in [5.41, 5.74) is -0.0160. The number of ketones is 1. The molecule has 0 bridgehead atoms. The van der Waals surface area contributed by atoms with E-state index in [1.165, 1.54) is 19.2 Å². The Labute approximate surface area is 104 Å². The number of likely N-dealkylation sites (N-methyl/N-ethyl adjacent to an activating group) is 1. The fourth-order valence-corrected chi connectivity index (χ4v) is 1.46. The molecule has 1 rings (SSSR count). The highest BCUT2D eigenvalue weighted by molar-refractivity contribution is 6.11. The molecule has 1 atom stereocenters. The molecule has 0 heterocycles. The average Bonchev–Trinajstić information content (AvgIpc) is 2.32. The van der Waals surface area contributed by atoms with Gasteiger partial charge in [0, 0.05) is 5.56 Å². The van der Waals surface area contributed by atoms with Crippen molar-refractivity contribution in [1.82, 2.24) is 5.32 Å². The van der Waals surface area contributed by atoms with Crippen molar-refractivity contribution >= 4 is 11.8 Å². The first-order valence-corrected chi connectivity index (χ1v) is 5.37. The van der Waals surface area contributed by atoms with E-state index in [1.807, 2.05) is 0 Å². The quantitative estimate of drug-likeness (QED) is 0.587. The number of carbonyl (C=O) groups is 2. The zero-order chi connectivity index (χ0) is 13.7. The molecule has 1 aromatic rings. The van der Waals surface area contributed by atoms with Gasteiger partial charge in [0.2, 0.25) is 0 Å². The summed E-state index contributed by atoms with van der Waals surface area (Å²) in [5.74, 6) is -2.67. The standard InChI is InChI=1S/C12H14FNO4/c1-3-18-9-5-4-7(6-8(9)13)11(15)10(14-2)12(16)17/h4-6,10,14H,3H2,1-2H3,(H,16,17). The summed E-state index contributed by atoms with van der Waals surface area (Å²) in [7, 11) is 1.35. The molecule has 0 fully saturated rings. The van der Waals surface area contributed by atoms with Crippen molar-refractivity contribution in [3.63, 3.8) is 0 Å². The van der Waals surface area contributed by atoms with Crippen molar-refractivity contribution in [2.45, 2.75) is 13.0 Å². The van der Waals surface area contributed by atoms with E-state index in [9.17, 15) is 14.0 Å². The molecule has 0 aliphatic carbocycles. The number of carboxylic acid groups (broad SMARTS) is 1. The van der Waals surface area contributed by atoms with Crippen LogP contribution in [0, 0.1) is 5.82 Å². The maximum absolute atomic E-state index is 13.5. The number of rotatable bonds is 6. The highest BCUT2D eigenvalue weighted by Gasteiger charge is 2.26. The summed E-state index contributed by atoms with van der Waals surface area (Å²) >= 11 is 0. The second-order valence-electron chi connectivity index (χ2n) is 3.50. The van der Waals surface area contributed by atoms with E-state index < -0.39 is 23.6 Å². The molecule has 18 heavy (non-hydrogen) atoms. The number of carboxylic acids is 1. The van der Waals surface area contributed by atoms with Crippen molar-refractivity contribution in [2.24, 2.45) is 0 Å². The van der Waals surface area contributed by atoms with Gasteiger partial charge in [0.05, 0.1) is 6.61 Å². The first kappa shape index (κ1) is 14.1. The van der Waals surface area contributed by atoms with Crippen LogP contribution in [0.25, 0.3) is 0 Å². The van der Waals surface area contributed by atoms with Gasteiger partial charge in [-0.3, -0.25) is 9.59 Å². The second-order valence-corrected chi connectivity index (χ2v) is 3.50. The van der Waals surface area contributed by atoms with Crippen LogP contribution in [0.2, 0.25) is 0 Å². The SMILES string of the molecule is CCOc1ccc(C(=O)C(NC)C(=O)O)cc1F. The zero-order valence-corrected chi connectivity index (χ0v) is 10.1. The van der Waals surface area contributed by atoms with Crippen LogP contribution in [0.5, 0.6) is 5.75 Å². The predicted molar refractivity (Wildman–Crippen MR) is 62.4 cm³/mol. The fraction of sp³-hybridized carbons (Fsp3) is 0.333. The van der Waals surface area contributed by atoms with E-state index in [1.54, 1.807) is 6.92 Å². The molecule has 0 aromatic heterocycles. The van der Waals surface area contributed by atoms with Crippen LogP contribution in [0.3, 0.4) is 0 Å². The third-order valence-electron chi connectivity index (χ3n) is 2.31. The van der Waals surface area contributed by atoms with Gasteiger partial charge in [0.1, 0.15) is 0 Å². The minimum atomic E-state index is -1.39. The van der Waals surface area contributed by atoms with Crippen molar-refractivity contribution < 1.29 is 23.8 Å². The molecule has 1 aromatic carbocycles. The van der Waals surface area contributed by atoms with Crippen LogP contribution in [0.1, 0.15) is 17.3 Å². The predicted octanol–water partition coefficient (Wildman–Crippen LogP) is 1.08. The van der Waals surface area contributed by atoms with Crippen LogP contribution < -0.4 is 10.1 Å². The number of ether oxygens (including phenoxy) is 1. The number of carbonyl (C=O) groups excluding carboxylic acids is 1. The molecule has 0 saturated heterocycles. The van der Waals surface area contributed by atoms with Gasteiger partial charge in [-0.2, -0.15) is 0 Å². The first-order valence-electron chi connectivity index (χ1n) is 5.37. The molecule has 0 aliphatic rings. The number of hydrogen-bond acceptors (Lipinski definition) is 4. The van der Waals surface area contributed by atoms with E-state index >= 15 is 0 Å². The molecule has 0 aliphatic heterocycles. The molecule has 0 saturated carbocycles. The van der Waals surface area contributed by atoms with Gasteiger partial charge in [-0.25, -0.2) is 4.39 Å². The van der Waals surface area contributed by atoms with Gasteiger partial charge in [0.15, 0.2) is 23.4 Å². The summed E-state index contributed by atoms with van der Waals surface area (Å²) in [6.45, 7) is 2.01. The number of benzene rings is 1. The Morgan fingerprint density at radius 1 is 1.50 bits per heavy atom. The summed E-state index contributed by atoms with van der Waals surface area (Å²) < 4.78 is 18.5. The maximum Gasteiger partial charge on any atom is 0.328 e. The molecule has 0 spiro atoms. The molecule has 0 radical (unpaired) electrons. The van der Waals surface area contributed by atoms with Gasteiger partial charge >= 0.3 is 5.97 Å². The van der Waals surface area contributed by atoms with Crippen molar-refractivity contribution in [1.29, 1.82) is 0 Å². The average molecular weight is 255 g/mol. The third kappa shape index (κ3) is 3.04. The maximum atomic E-state index is 13.5. The lowest BCUT2D eigenvalue weighted by atomic mass is 10.0. The van der Waals surface area contributed by atoms with Crippen molar-refractivity contribution in [3.05, 3.63) is 29.6 Å². The topological polar surface area (TPSA) is 75.6 Å². The Balaban J connectivity index is 3.00. The lowest BCUT2D eigenvalue weighted by Gasteiger charge is -2.11. The number of aliphatic carboxylic acids is 1. The van der Waals surface area contributed by atoms with Crippen LogP contribution >= 0.6 is 0 Å². The molecule has 2 N–H and O–H groups in total. The number of Topliss-reactive ketones (excluding diaryl/α,β-unsaturated/α-hetero) is 1. The second kappa shape index (κ2) is 6.11. The monoisotopic (exact) mass is 255 g/mol. The molecule has 5 nitrogen and oxygen atoms in total. The molecule has 98 valence electrons. The molecular formula is C12H14FNO4. The van der Waals surface area contributed by atoms with E-state index in [4.69, 9.17) is 9.84 Å². The Hall–Kier alpha value is -1.95. The molecular weight excluding hydrogens is 241 g/mol. The first-order chi connectivity index (χ1) is 8.51. The highest BCUT2D eigenvalue weighted by atomic mass is 19.1. The van der Waals surface area contributed by atoms with Gasteiger partial charge < -0.3 is 15.2 Å². The van der Waals surface area contributed by atoms with E-state index in [0.29, 0.717) is 6.61 Å². The minimum Gasteiger partial charge on any atom is -0.491 e. The largest absolute Gasteiger partial charge is 0.491 e. The Bertz CT molecular complexity index is 461. The van der Waals surface area contributed by atoms with Gasteiger partial charge in [-0.1, -0.05) is 0 Å². The summed E-state index contributed by atoms with van der Waals surface area (Å²) in [5, 5.41) is 11.2. The Morgan fingerprint density at radius 2 is 2.17 bits per heavy atom. The zero-order valence-electron chi connectivity index (χ0n) is 10.1. The normalized spacial score (nSPS) is 11.9. The summed E-state index contributed by atoms with van der Waals surface area (Å²) in [6.07, 6.45) is 0. The third-order valence-corrected chi connectivity index (χ3v) is 2.31. The summed E-state index contributed by atoms with van der Waals surface area (Å²) in [6, 6.07) is 2.23. The molecule has 0 amide bonds. The van der Waals surface area contributed by atoms with Gasteiger partial charge in [0.25, 0.3) is 0 Å². The van der Waals surface area contributed by atoms with Gasteiger partial charge in [-0.05, 0) is 32.2 Å². The van der Waals surface area contributed by atoms with E-state index in [2.05, 4.69) is 5.32 Å². The van der Waals surface area contributed by atoms with Crippen LogP contribution in [0.15, 0.2) is 18.2 Å². The number of hydrogen-bond donors (Lipinski definition) is 2. The van der Waals surface area contributed by atoms with Crippen LogP contribution in [-0.4, -0.2) is 36.6 Å².